The molecule has 0 fully saturated rings. The molecule has 0 aliphatic carbocycles. The van der Waals surface area contributed by atoms with Crippen molar-refractivity contribution in [3.63, 3.8) is 0 Å². The summed E-state index contributed by atoms with van der Waals surface area (Å²) in [6.45, 7) is 1.47. The Hall–Kier alpha value is -2.69. The molecule has 0 saturated heterocycles. The minimum absolute atomic E-state index is 0.253. The van der Waals surface area contributed by atoms with E-state index in [1.165, 1.54) is 5.56 Å². The molecule has 0 saturated carbocycles. The standard InChI is InChI=1S/C19H25N3O2/c1-20-19(22(2)14-15-7-5-4-6-8-15)21-12-11-16-9-10-17(24-3)13-18(16)23/h4-10,13,23H,11-12,14H2,1-3H3,(H,20,21). The van der Waals surface area contributed by atoms with Crippen LogP contribution in [-0.2, 0) is 13.0 Å². The van der Waals surface area contributed by atoms with Crippen molar-refractivity contribution in [2.45, 2.75) is 13.0 Å². The van der Waals surface area contributed by atoms with Gasteiger partial charge in [-0.1, -0.05) is 36.4 Å². The largest absolute Gasteiger partial charge is 0.508 e. The molecule has 24 heavy (non-hydrogen) atoms. The number of ether oxygens (including phenoxy) is 1. The third-order valence-electron chi connectivity index (χ3n) is 3.81. The van der Waals surface area contributed by atoms with Gasteiger partial charge in [-0.3, -0.25) is 4.99 Å². The van der Waals surface area contributed by atoms with Crippen LogP contribution in [0, 0.1) is 0 Å². The molecule has 128 valence electrons. The second kappa shape index (κ2) is 8.82. The molecule has 0 aliphatic rings. The first-order valence-corrected chi connectivity index (χ1v) is 7.95. The Labute approximate surface area is 143 Å². The Morgan fingerprint density at radius 2 is 1.96 bits per heavy atom. The summed E-state index contributed by atoms with van der Waals surface area (Å²) in [5.41, 5.74) is 2.11. The predicted molar refractivity (Wildman–Crippen MR) is 97.6 cm³/mol. The second-order valence-electron chi connectivity index (χ2n) is 5.56. The van der Waals surface area contributed by atoms with Crippen LogP contribution in [0.2, 0.25) is 0 Å². The minimum atomic E-state index is 0.253. The first kappa shape index (κ1) is 17.7. The number of phenolic OH excluding ortho intramolecular Hbond substituents is 1. The van der Waals surface area contributed by atoms with Gasteiger partial charge in [-0.05, 0) is 23.6 Å². The average molecular weight is 327 g/mol. The SMILES string of the molecule is CN=C(NCCc1ccc(OC)cc1O)N(C)Cc1ccccc1. The van der Waals surface area contributed by atoms with E-state index >= 15 is 0 Å². The maximum atomic E-state index is 10.0. The predicted octanol–water partition coefficient (Wildman–Crippen LogP) is 2.65. The molecular weight excluding hydrogens is 302 g/mol. The molecule has 0 atom stereocenters. The van der Waals surface area contributed by atoms with E-state index in [0.29, 0.717) is 18.7 Å². The van der Waals surface area contributed by atoms with Crippen molar-refractivity contribution in [3.8, 4) is 11.5 Å². The fourth-order valence-electron chi connectivity index (χ4n) is 2.51. The molecule has 5 nitrogen and oxygen atoms in total. The van der Waals surface area contributed by atoms with E-state index in [0.717, 1.165) is 18.1 Å². The smallest absolute Gasteiger partial charge is 0.193 e. The topological polar surface area (TPSA) is 57.1 Å². The number of aromatic hydroxyl groups is 1. The van der Waals surface area contributed by atoms with Gasteiger partial charge in [0.05, 0.1) is 7.11 Å². The molecule has 5 heteroatoms. The summed E-state index contributed by atoms with van der Waals surface area (Å²) < 4.78 is 5.10. The Morgan fingerprint density at radius 1 is 1.21 bits per heavy atom. The Bertz CT molecular complexity index is 672. The van der Waals surface area contributed by atoms with Gasteiger partial charge >= 0.3 is 0 Å². The number of aliphatic imine (C=N–C) groups is 1. The summed E-state index contributed by atoms with van der Waals surface area (Å²) in [5, 5.41) is 13.3. The van der Waals surface area contributed by atoms with Gasteiger partial charge in [0, 0.05) is 33.3 Å². The lowest BCUT2D eigenvalue weighted by Gasteiger charge is -2.22. The number of nitrogens with one attached hydrogen (secondary N) is 1. The summed E-state index contributed by atoms with van der Waals surface area (Å²) >= 11 is 0. The molecule has 0 spiro atoms. The van der Waals surface area contributed by atoms with Crippen LogP contribution >= 0.6 is 0 Å². The number of hydrogen-bond donors (Lipinski definition) is 2. The lowest BCUT2D eigenvalue weighted by atomic mass is 10.1. The van der Waals surface area contributed by atoms with Crippen molar-refractivity contribution in [2.24, 2.45) is 4.99 Å². The van der Waals surface area contributed by atoms with E-state index in [9.17, 15) is 5.11 Å². The minimum Gasteiger partial charge on any atom is -0.508 e. The first-order chi connectivity index (χ1) is 11.6. The summed E-state index contributed by atoms with van der Waals surface area (Å²) in [4.78, 5) is 6.39. The van der Waals surface area contributed by atoms with Gasteiger partial charge in [0.15, 0.2) is 5.96 Å². The molecule has 2 N–H and O–H groups in total. The Morgan fingerprint density at radius 3 is 2.58 bits per heavy atom. The van der Waals surface area contributed by atoms with Crippen LogP contribution in [0.15, 0.2) is 53.5 Å². The van der Waals surface area contributed by atoms with Crippen molar-refractivity contribution in [1.29, 1.82) is 0 Å². The molecule has 0 heterocycles. The van der Waals surface area contributed by atoms with Gasteiger partial charge in [0.1, 0.15) is 11.5 Å². The number of guanidine groups is 1. The number of nitrogens with zero attached hydrogens (tertiary/aromatic N) is 2. The zero-order chi connectivity index (χ0) is 17.4. The van der Waals surface area contributed by atoms with E-state index in [1.54, 1.807) is 20.2 Å². The molecule has 2 rings (SSSR count). The monoisotopic (exact) mass is 327 g/mol. The molecule has 0 bridgehead atoms. The average Bonchev–Trinajstić information content (AvgIpc) is 2.60. The first-order valence-electron chi connectivity index (χ1n) is 7.95. The van der Waals surface area contributed by atoms with Crippen LogP contribution < -0.4 is 10.1 Å². The highest BCUT2D eigenvalue weighted by atomic mass is 16.5. The van der Waals surface area contributed by atoms with Gasteiger partial charge < -0.3 is 20.1 Å². The van der Waals surface area contributed by atoms with E-state index in [-0.39, 0.29) is 5.75 Å². The molecule has 0 amide bonds. The summed E-state index contributed by atoms with van der Waals surface area (Å²) in [7, 11) is 5.37. The third-order valence-corrected chi connectivity index (χ3v) is 3.81. The highest BCUT2D eigenvalue weighted by Crippen LogP contribution is 2.23. The van der Waals surface area contributed by atoms with Crippen LogP contribution in [0.5, 0.6) is 11.5 Å². The zero-order valence-corrected chi connectivity index (χ0v) is 14.5. The van der Waals surface area contributed by atoms with Crippen molar-refractivity contribution in [1.82, 2.24) is 10.2 Å². The quantitative estimate of drug-likeness (QED) is 0.633. The molecule has 0 aliphatic heterocycles. The fraction of sp³-hybridized carbons (Fsp3) is 0.316. The maximum absolute atomic E-state index is 10.0. The molecule has 0 aromatic heterocycles. The lowest BCUT2D eigenvalue weighted by molar-refractivity contribution is 0.406. The number of benzene rings is 2. The van der Waals surface area contributed by atoms with Crippen LogP contribution in [0.4, 0.5) is 0 Å². The Balaban J connectivity index is 1.87. The molecule has 0 radical (unpaired) electrons. The van der Waals surface area contributed by atoms with Crippen molar-refractivity contribution in [3.05, 3.63) is 59.7 Å². The second-order valence-corrected chi connectivity index (χ2v) is 5.56. The number of hydrogen-bond acceptors (Lipinski definition) is 3. The van der Waals surface area contributed by atoms with Crippen molar-refractivity contribution < 1.29 is 9.84 Å². The van der Waals surface area contributed by atoms with Gasteiger partial charge in [0.25, 0.3) is 0 Å². The number of phenols is 1. The maximum Gasteiger partial charge on any atom is 0.193 e. The highest BCUT2D eigenvalue weighted by molar-refractivity contribution is 5.79. The number of methoxy groups -OCH3 is 1. The highest BCUT2D eigenvalue weighted by Gasteiger charge is 2.07. The van der Waals surface area contributed by atoms with Crippen LogP contribution in [-0.4, -0.2) is 43.7 Å². The zero-order valence-electron chi connectivity index (χ0n) is 14.5. The van der Waals surface area contributed by atoms with E-state index in [4.69, 9.17) is 4.74 Å². The van der Waals surface area contributed by atoms with Gasteiger partial charge in [-0.2, -0.15) is 0 Å². The lowest BCUT2D eigenvalue weighted by Crippen LogP contribution is -2.39. The molecule has 0 unspecified atom stereocenters. The van der Waals surface area contributed by atoms with E-state index in [2.05, 4.69) is 27.3 Å². The summed E-state index contributed by atoms with van der Waals surface area (Å²) in [6.07, 6.45) is 0.702. The van der Waals surface area contributed by atoms with Gasteiger partial charge in [-0.15, -0.1) is 0 Å². The normalized spacial score (nSPS) is 11.2. The van der Waals surface area contributed by atoms with E-state index in [1.807, 2.05) is 37.4 Å². The summed E-state index contributed by atoms with van der Waals surface area (Å²) in [5.74, 6) is 1.73. The van der Waals surface area contributed by atoms with Crippen LogP contribution in [0.3, 0.4) is 0 Å². The van der Waals surface area contributed by atoms with Crippen LogP contribution in [0.1, 0.15) is 11.1 Å². The summed E-state index contributed by atoms with van der Waals surface area (Å²) in [6, 6.07) is 15.6. The number of rotatable bonds is 6. The molecular formula is C19H25N3O2. The van der Waals surface area contributed by atoms with Crippen molar-refractivity contribution >= 4 is 5.96 Å². The Kier molecular flexibility index (Phi) is 6.49. The van der Waals surface area contributed by atoms with Crippen LogP contribution in [0.25, 0.3) is 0 Å². The van der Waals surface area contributed by atoms with E-state index < -0.39 is 0 Å². The van der Waals surface area contributed by atoms with Crippen molar-refractivity contribution in [2.75, 3.05) is 27.7 Å². The van der Waals surface area contributed by atoms with Gasteiger partial charge in [-0.25, -0.2) is 0 Å². The van der Waals surface area contributed by atoms with Gasteiger partial charge in [0.2, 0.25) is 0 Å². The fourth-order valence-corrected chi connectivity index (χ4v) is 2.51. The third kappa shape index (κ3) is 4.91. The molecule has 2 aromatic carbocycles. The molecule has 2 aromatic rings.